The summed E-state index contributed by atoms with van der Waals surface area (Å²) in [7, 11) is 1.62. The van der Waals surface area contributed by atoms with Crippen molar-refractivity contribution in [2.45, 2.75) is 13.0 Å². The highest BCUT2D eigenvalue weighted by molar-refractivity contribution is 9.10. The molecule has 136 valence electrons. The van der Waals surface area contributed by atoms with Crippen LogP contribution in [0.25, 0.3) is 0 Å². The predicted octanol–water partition coefficient (Wildman–Crippen LogP) is 3.14. The van der Waals surface area contributed by atoms with Crippen molar-refractivity contribution in [3.8, 4) is 0 Å². The maximum absolute atomic E-state index is 12.2. The highest BCUT2D eigenvalue weighted by Crippen LogP contribution is 2.14. The highest BCUT2D eigenvalue weighted by Gasteiger charge is 2.12. The Bertz CT molecular complexity index is 808. The molecule has 0 spiro atoms. The lowest BCUT2D eigenvalue weighted by Crippen LogP contribution is -2.31. The van der Waals surface area contributed by atoms with Crippen molar-refractivity contribution in [1.29, 1.82) is 0 Å². The summed E-state index contributed by atoms with van der Waals surface area (Å²) in [6.45, 7) is 0.480. The number of rotatable bonds is 7. The Morgan fingerprint density at radius 3 is 2.54 bits per heavy atom. The van der Waals surface area contributed by atoms with Crippen LogP contribution in [-0.2, 0) is 11.3 Å². The first-order valence-electron chi connectivity index (χ1n) is 7.88. The number of nitrogens with one attached hydrogen (secondary N) is 1. The minimum Gasteiger partial charge on any atom is -0.352 e. The van der Waals surface area contributed by atoms with Crippen LogP contribution in [0.4, 0.5) is 5.69 Å². The zero-order chi connectivity index (χ0) is 19.1. The van der Waals surface area contributed by atoms with E-state index in [9.17, 15) is 19.7 Å². The molecular formula is C18H18BrN3O4. The van der Waals surface area contributed by atoms with Crippen molar-refractivity contribution < 1.29 is 14.5 Å². The van der Waals surface area contributed by atoms with Crippen LogP contribution < -0.4 is 5.32 Å². The number of nitrogens with zero attached hydrogens (tertiary/aromatic N) is 2. The van der Waals surface area contributed by atoms with Crippen molar-refractivity contribution in [3.05, 3.63) is 74.2 Å². The highest BCUT2D eigenvalue weighted by atomic mass is 79.9. The summed E-state index contributed by atoms with van der Waals surface area (Å²) >= 11 is 3.30. The Labute approximate surface area is 159 Å². The zero-order valence-electron chi connectivity index (χ0n) is 14.1. The molecule has 0 fully saturated rings. The van der Waals surface area contributed by atoms with Crippen LogP contribution in [0.3, 0.4) is 0 Å². The predicted molar refractivity (Wildman–Crippen MR) is 101 cm³/mol. The molecule has 0 radical (unpaired) electrons. The van der Waals surface area contributed by atoms with Gasteiger partial charge in [0, 0.05) is 48.7 Å². The normalized spacial score (nSPS) is 10.2. The maximum atomic E-state index is 12.2. The number of hydrogen-bond donors (Lipinski definition) is 1. The fraction of sp³-hybridized carbons (Fsp3) is 0.222. The fourth-order valence-electron chi connectivity index (χ4n) is 2.31. The molecule has 8 heteroatoms. The van der Waals surface area contributed by atoms with E-state index < -0.39 is 4.92 Å². The molecule has 2 aromatic carbocycles. The van der Waals surface area contributed by atoms with Gasteiger partial charge in [0.2, 0.25) is 5.91 Å². The molecule has 2 aromatic rings. The van der Waals surface area contributed by atoms with Gasteiger partial charge in [0.1, 0.15) is 0 Å². The van der Waals surface area contributed by atoms with Gasteiger partial charge in [-0.2, -0.15) is 0 Å². The molecule has 0 heterocycles. The van der Waals surface area contributed by atoms with Gasteiger partial charge in [0.25, 0.3) is 11.6 Å². The Kier molecular flexibility index (Phi) is 6.85. The summed E-state index contributed by atoms with van der Waals surface area (Å²) < 4.78 is 0.881. The fourth-order valence-corrected chi connectivity index (χ4v) is 2.57. The van der Waals surface area contributed by atoms with E-state index in [0.29, 0.717) is 11.1 Å². The number of hydrogen-bond acceptors (Lipinski definition) is 4. The quantitative estimate of drug-likeness (QED) is 0.550. The lowest BCUT2D eigenvalue weighted by Gasteiger charge is -2.17. The number of amides is 2. The van der Waals surface area contributed by atoms with Gasteiger partial charge in [-0.25, -0.2) is 0 Å². The average molecular weight is 420 g/mol. The van der Waals surface area contributed by atoms with Gasteiger partial charge in [-0.1, -0.05) is 28.1 Å². The third kappa shape index (κ3) is 5.66. The molecule has 0 unspecified atom stereocenters. The summed E-state index contributed by atoms with van der Waals surface area (Å²) in [4.78, 5) is 36.0. The third-order valence-corrected chi connectivity index (χ3v) is 4.23. The van der Waals surface area contributed by atoms with Crippen LogP contribution in [0, 0.1) is 10.1 Å². The second kappa shape index (κ2) is 9.10. The van der Waals surface area contributed by atoms with Gasteiger partial charge >= 0.3 is 0 Å². The monoisotopic (exact) mass is 419 g/mol. The van der Waals surface area contributed by atoms with Gasteiger partial charge < -0.3 is 10.2 Å². The average Bonchev–Trinajstić information content (AvgIpc) is 2.62. The maximum Gasteiger partial charge on any atom is 0.269 e. The van der Waals surface area contributed by atoms with Crippen LogP contribution in [0.15, 0.2) is 53.0 Å². The lowest BCUT2D eigenvalue weighted by atomic mass is 10.2. The first-order chi connectivity index (χ1) is 12.4. The number of nitro groups is 1. The van der Waals surface area contributed by atoms with Crippen LogP contribution in [0.5, 0.6) is 0 Å². The van der Waals surface area contributed by atoms with Crippen LogP contribution in [0.2, 0.25) is 0 Å². The van der Waals surface area contributed by atoms with E-state index in [4.69, 9.17) is 0 Å². The molecule has 0 aliphatic heterocycles. The van der Waals surface area contributed by atoms with E-state index in [1.54, 1.807) is 43.4 Å². The molecule has 7 nitrogen and oxygen atoms in total. The minimum atomic E-state index is -0.469. The molecule has 2 amide bonds. The first kappa shape index (κ1) is 19.6. The van der Waals surface area contributed by atoms with Crippen molar-refractivity contribution in [2.75, 3.05) is 13.6 Å². The summed E-state index contributed by atoms with van der Waals surface area (Å²) in [5, 5.41) is 13.5. The van der Waals surface area contributed by atoms with Gasteiger partial charge in [-0.15, -0.1) is 0 Å². The summed E-state index contributed by atoms with van der Waals surface area (Å²) in [5.41, 5.74) is 1.18. The molecule has 1 N–H and O–H groups in total. The van der Waals surface area contributed by atoms with Crippen molar-refractivity contribution in [3.63, 3.8) is 0 Å². The van der Waals surface area contributed by atoms with Crippen molar-refractivity contribution in [1.82, 2.24) is 10.2 Å². The van der Waals surface area contributed by atoms with E-state index >= 15 is 0 Å². The molecule has 0 saturated carbocycles. The number of non-ortho nitro benzene ring substituents is 1. The van der Waals surface area contributed by atoms with E-state index in [2.05, 4.69) is 21.2 Å². The van der Waals surface area contributed by atoms with Crippen LogP contribution in [-0.4, -0.2) is 35.2 Å². The second-order valence-electron chi connectivity index (χ2n) is 5.69. The van der Waals surface area contributed by atoms with Crippen LogP contribution >= 0.6 is 15.9 Å². The summed E-state index contributed by atoms with van der Waals surface area (Å²) in [5.74, 6) is -0.403. The molecule has 0 aliphatic rings. The molecule has 0 saturated heterocycles. The Morgan fingerprint density at radius 2 is 1.88 bits per heavy atom. The summed E-state index contributed by atoms with van der Waals surface area (Å²) in [6.07, 6.45) is 0.147. The molecule has 0 aromatic heterocycles. The first-order valence-corrected chi connectivity index (χ1v) is 8.67. The van der Waals surface area contributed by atoms with Gasteiger partial charge in [-0.3, -0.25) is 19.7 Å². The van der Waals surface area contributed by atoms with E-state index in [1.165, 1.54) is 17.0 Å². The minimum absolute atomic E-state index is 0.00916. The standard InChI is InChI=1S/C18H18BrN3O4/c1-21(12-13-3-2-4-16(11-13)22(25)26)17(23)9-10-20-18(24)14-5-7-15(19)8-6-14/h2-8,11H,9-10,12H2,1H3,(H,20,24). The Morgan fingerprint density at radius 1 is 1.19 bits per heavy atom. The topological polar surface area (TPSA) is 92.5 Å². The van der Waals surface area contributed by atoms with Crippen molar-refractivity contribution >= 4 is 33.4 Å². The molecule has 2 rings (SSSR count). The Balaban J connectivity index is 1.81. The molecular weight excluding hydrogens is 402 g/mol. The molecule has 26 heavy (non-hydrogen) atoms. The number of carbonyl (C=O) groups is 2. The van der Waals surface area contributed by atoms with Gasteiger partial charge in [0.15, 0.2) is 0 Å². The lowest BCUT2D eigenvalue weighted by molar-refractivity contribution is -0.384. The van der Waals surface area contributed by atoms with Crippen LogP contribution in [0.1, 0.15) is 22.3 Å². The SMILES string of the molecule is CN(Cc1cccc([N+](=O)[O-])c1)C(=O)CCNC(=O)c1ccc(Br)cc1. The van der Waals surface area contributed by atoms with Crippen molar-refractivity contribution in [2.24, 2.45) is 0 Å². The molecule has 0 bridgehead atoms. The Hall–Kier alpha value is -2.74. The number of halogens is 1. The second-order valence-corrected chi connectivity index (χ2v) is 6.61. The van der Waals surface area contributed by atoms with E-state index in [0.717, 1.165) is 4.47 Å². The number of benzene rings is 2. The largest absolute Gasteiger partial charge is 0.352 e. The molecule has 0 atom stereocenters. The van der Waals surface area contributed by atoms with E-state index in [1.807, 2.05) is 0 Å². The molecule has 0 aliphatic carbocycles. The number of carbonyl (C=O) groups excluding carboxylic acids is 2. The number of nitro benzene ring substituents is 1. The third-order valence-electron chi connectivity index (χ3n) is 3.70. The smallest absolute Gasteiger partial charge is 0.269 e. The van der Waals surface area contributed by atoms with Gasteiger partial charge in [-0.05, 0) is 29.8 Å². The van der Waals surface area contributed by atoms with E-state index in [-0.39, 0.29) is 37.0 Å². The summed E-state index contributed by atoms with van der Waals surface area (Å²) in [6, 6.07) is 13.1. The zero-order valence-corrected chi connectivity index (χ0v) is 15.7. The van der Waals surface area contributed by atoms with Gasteiger partial charge in [0.05, 0.1) is 4.92 Å².